The number of amides is 1. The normalized spacial score (nSPS) is 19.5. The van der Waals surface area contributed by atoms with Crippen molar-refractivity contribution < 1.29 is 14.3 Å². The van der Waals surface area contributed by atoms with Gasteiger partial charge in [-0.3, -0.25) is 4.98 Å². The molecule has 2 unspecified atom stereocenters. The molecule has 5 nitrogen and oxygen atoms in total. The van der Waals surface area contributed by atoms with Crippen molar-refractivity contribution in [2.75, 3.05) is 19.7 Å². The van der Waals surface area contributed by atoms with E-state index in [1.165, 1.54) is 6.42 Å². The number of rotatable bonds is 6. The van der Waals surface area contributed by atoms with Crippen LogP contribution in [0.5, 0.6) is 0 Å². The Labute approximate surface area is 151 Å². The summed E-state index contributed by atoms with van der Waals surface area (Å²) in [6.07, 6.45) is 5.94. The highest BCUT2D eigenvalue weighted by Crippen LogP contribution is 2.23. The SMILES string of the molecule is CC(OCCCC1CCCN(C(=O)OC(C)(C)C)C1)c1ccccn1. The molecule has 1 aliphatic heterocycles. The van der Waals surface area contributed by atoms with E-state index in [1.54, 1.807) is 6.20 Å². The molecule has 1 saturated heterocycles. The molecule has 0 saturated carbocycles. The Bertz CT molecular complexity index is 527. The maximum absolute atomic E-state index is 12.2. The van der Waals surface area contributed by atoms with Gasteiger partial charge in [0.05, 0.1) is 11.8 Å². The first kappa shape index (κ1) is 19.7. The molecule has 0 radical (unpaired) electrons. The van der Waals surface area contributed by atoms with Gasteiger partial charge in [-0.05, 0) is 71.4 Å². The second-order valence-electron chi connectivity index (χ2n) is 7.84. The lowest BCUT2D eigenvalue weighted by Gasteiger charge is -2.34. The zero-order valence-electron chi connectivity index (χ0n) is 16.0. The number of nitrogens with zero attached hydrogens (tertiary/aromatic N) is 2. The van der Waals surface area contributed by atoms with E-state index in [0.717, 1.165) is 44.7 Å². The number of hydrogen-bond donors (Lipinski definition) is 0. The number of carbonyl (C=O) groups is 1. The lowest BCUT2D eigenvalue weighted by atomic mass is 9.94. The van der Waals surface area contributed by atoms with Crippen molar-refractivity contribution in [2.45, 2.75) is 65.1 Å². The van der Waals surface area contributed by atoms with Crippen LogP contribution in [0.2, 0.25) is 0 Å². The number of carbonyl (C=O) groups excluding carboxylic acids is 1. The van der Waals surface area contributed by atoms with Crippen LogP contribution in [0.3, 0.4) is 0 Å². The van der Waals surface area contributed by atoms with Crippen LogP contribution in [0.1, 0.15) is 65.2 Å². The molecule has 1 aromatic heterocycles. The van der Waals surface area contributed by atoms with Crippen LogP contribution < -0.4 is 0 Å². The smallest absolute Gasteiger partial charge is 0.410 e. The highest BCUT2D eigenvalue weighted by Gasteiger charge is 2.27. The Morgan fingerprint density at radius 1 is 1.40 bits per heavy atom. The molecule has 5 heteroatoms. The van der Waals surface area contributed by atoms with Crippen molar-refractivity contribution in [3.05, 3.63) is 30.1 Å². The summed E-state index contributed by atoms with van der Waals surface area (Å²) in [6, 6.07) is 5.88. The molecular weight excluding hydrogens is 316 g/mol. The Morgan fingerprint density at radius 3 is 2.88 bits per heavy atom. The molecule has 0 N–H and O–H groups in total. The molecule has 1 aliphatic rings. The minimum Gasteiger partial charge on any atom is -0.444 e. The van der Waals surface area contributed by atoms with Gasteiger partial charge in [0.25, 0.3) is 0 Å². The Morgan fingerprint density at radius 2 is 2.20 bits per heavy atom. The first-order chi connectivity index (χ1) is 11.8. The van der Waals surface area contributed by atoms with Gasteiger partial charge in [0.2, 0.25) is 0 Å². The van der Waals surface area contributed by atoms with Crippen LogP contribution >= 0.6 is 0 Å². The van der Waals surface area contributed by atoms with Gasteiger partial charge in [0.1, 0.15) is 5.60 Å². The molecule has 0 spiro atoms. The third-order valence-electron chi connectivity index (χ3n) is 4.40. The second-order valence-corrected chi connectivity index (χ2v) is 7.84. The molecule has 1 amide bonds. The van der Waals surface area contributed by atoms with Crippen LogP contribution in [0.4, 0.5) is 4.79 Å². The van der Waals surface area contributed by atoms with Gasteiger partial charge in [-0.15, -0.1) is 0 Å². The summed E-state index contributed by atoms with van der Waals surface area (Å²) in [5.41, 5.74) is 0.538. The standard InChI is InChI=1S/C20H32N2O3/c1-16(18-11-5-6-12-21-18)24-14-8-10-17-9-7-13-22(15-17)19(23)25-20(2,3)4/h5-6,11-12,16-17H,7-10,13-15H2,1-4H3. The van der Waals surface area contributed by atoms with Gasteiger partial charge in [-0.25, -0.2) is 4.79 Å². The minimum atomic E-state index is -0.431. The summed E-state index contributed by atoms with van der Waals surface area (Å²) < 4.78 is 11.4. The minimum absolute atomic E-state index is 0.0193. The summed E-state index contributed by atoms with van der Waals surface area (Å²) in [5, 5.41) is 0. The van der Waals surface area contributed by atoms with Gasteiger partial charge in [-0.2, -0.15) is 0 Å². The molecule has 0 aliphatic carbocycles. The van der Waals surface area contributed by atoms with E-state index < -0.39 is 5.60 Å². The fourth-order valence-electron chi connectivity index (χ4n) is 3.13. The summed E-state index contributed by atoms with van der Waals surface area (Å²) in [7, 11) is 0. The van der Waals surface area contributed by atoms with E-state index in [4.69, 9.17) is 9.47 Å². The van der Waals surface area contributed by atoms with Crippen molar-refractivity contribution >= 4 is 6.09 Å². The molecule has 0 bridgehead atoms. The van der Waals surface area contributed by atoms with Gasteiger partial charge >= 0.3 is 6.09 Å². The maximum atomic E-state index is 12.2. The topological polar surface area (TPSA) is 51.7 Å². The van der Waals surface area contributed by atoms with E-state index in [0.29, 0.717) is 5.92 Å². The lowest BCUT2D eigenvalue weighted by Crippen LogP contribution is -2.42. The number of piperidine rings is 1. The van der Waals surface area contributed by atoms with E-state index in [1.807, 2.05) is 50.8 Å². The number of likely N-dealkylation sites (tertiary alicyclic amines) is 1. The molecule has 25 heavy (non-hydrogen) atoms. The maximum Gasteiger partial charge on any atom is 0.410 e. The zero-order chi connectivity index (χ0) is 18.3. The largest absolute Gasteiger partial charge is 0.444 e. The predicted octanol–water partition coefficient (Wildman–Crippen LogP) is 4.59. The van der Waals surface area contributed by atoms with E-state index in [2.05, 4.69) is 4.98 Å². The monoisotopic (exact) mass is 348 g/mol. The first-order valence-corrected chi connectivity index (χ1v) is 9.35. The predicted molar refractivity (Wildman–Crippen MR) is 98.4 cm³/mol. The molecule has 140 valence electrons. The number of hydrogen-bond acceptors (Lipinski definition) is 4. The molecule has 2 atom stereocenters. The van der Waals surface area contributed by atoms with Gasteiger partial charge < -0.3 is 14.4 Å². The summed E-state index contributed by atoms with van der Waals surface area (Å²) >= 11 is 0. The number of aromatic nitrogens is 1. The molecule has 1 aromatic rings. The first-order valence-electron chi connectivity index (χ1n) is 9.35. The molecule has 1 fully saturated rings. The van der Waals surface area contributed by atoms with E-state index in [9.17, 15) is 4.79 Å². The average Bonchev–Trinajstić information content (AvgIpc) is 2.58. The van der Waals surface area contributed by atoms with Crippen LogP contribution in [0.25, 0.3) is 0 Å². The van der Waals surface area contributed by atoms with Crippen LogP contribution in [0, 0.1) is 5.92 Å². The van der Waals surface area contributed by atoms with E-state index in [-0.39, 0.29) is 12.2 Å². The quantitative estimate of drug-likeness (QED) is 0.706. The average molecular weight is 348 g/mol. The third kappa shape index (κ3) is 7.02. The summed E-state index contributed by atoms with van der Waals surface area (Å²) in [6.45, 7) is 10.1. The fraction of sp³-hybridized carbons (Fsp3) is 0.700. The van der Waals surface area contributed by atoms with E-state index >= 15 is 0 Å². The van der Waals surface area contributed by atoms with Crippen molar-refractivity contribution in [3.8, 4) is 0 Å². The molecular formula is C20H32N2O3. The molecule has 2 heterocycles. The Kier molecular flexibility index (Phi) is 7.24. The summed E-state index contributed by atoms with van der Waals surface area (Å²) in [4.78, 5) is 18.4. The number of pyridine rings is 1. The zero-order valence-corrected chi connectivity index (χ0v) is 16.0. The van der Waals surface area contributed by atoms with Crippen molar-refractivity contribution in [1.29, 1.82) is 0 Å². The van der Waals surface area contributed by atoms with Crippen molar-refractivity contribution in [3.63, 3.8) is 0 Å². The van der Waals surface area contributed by atoms with Gasteiger partial charge in [0, 0.05) is 25.9 Å². The lowest BCUT2D eigenvalue weighted by molar-refractivity contribution is 0.0148. The van der Waals surface area contributed by atoms with Gasteiger partial charge in [0.15, 0.2) is 0 Å². The van der Waals surface area contributed by atoms with Crippen LogP contribution in [-0.4, -0.2) is 41.3 Å². The Hall–Kier alpha value is -1.62. The van der Waals surface area contributed by atoms with Crippen molar-refractivity contribution in [1.82, 2.24) is 9.88 Å². The third-order valence-corrected chi connectivity index (χ3v) is 4.40. The molecule has 2 rings (SSSR count). The highest BCUT2D eigenvalue weighted by molar-refractivity contribution is 5.68. The Balaban J connectivity index is 1.68. The molecule has 0 aromatic carbocycles. The second kappa shape index (κ2) is 9.18. The summed E-state index contributed by atoms with van der Waals surface area (Å²) in [5.74, 6) is 0.537. The van der Waals surface area contributed by atoms with Crippen LogP contribution in [-0.2, 0) is 9.47 Å². The van der Waals surface area contributed by atoms with Crippen molar-refractivity contribution in [2.24, 2.45) is 5.92 Å². The number of ether oxygens (including phenoxy) is 2. The van der Waals surface area contributed by atoms with Crippen LogP contribution in [0.15, 0.2) is 24.4 Å². The highest BCUT2D eigenvalue weighted by atomic mass is 16.6. The fourth-order valence-corrected chi connectivity index (χ4v) is 3.13. The van der Waals surface area contributed by atoms with Gasteiger partial charge in [-0.1, -0.05) is 6.07 Å².